The second kappa shape index (κ2) is 7.11. The number of methoxy groups -OCH3 is 1. The van der Waals surface area contributed by atoms with Gasteiger partial charge in [0.05, 0.1) is 12.8 Å². The third-order valence-electron chi connectivity index (χ3n) is 3.14. The van der Waals surface area contributed by atoms with Gasteiger partial charge in [-0.2, -0.15) is 0 Å². The van der Waals surface area contributed by atoms with Crippen molar-refractivity contribution in [3.63, 3.8) is 0 Å². The minimum absolute atomic E-state index is 0.423. The summed E-state index contributed by atoms with van der Waals surface area (Å²) in [6.45, 7) is 4.00. The first-order chi connectivity index (χ1) is 10.7. The fourth-order valence-electron chi connectivity index (χ4n) is 2.08. The summed E-state index contributed by atoms with van der Waals surface area (Å²) in [6.07, 6.45) is 3.49. The monoisotopic (exact) mass is 298 g/mol. The summed E-state index contributed by atoms with van der Waals surface area (Å²) in [7, 11) is 0.139. The molecular formula is C16H19BN2O3. The van der Waals surface area contributed by atoms with Crippen molar-refractivity contribution in [3.05, 3.63) is 48.8 Å². The summed E-state index contributed by atoms with van der Waals surface area (Å²) in [5, 5.41) is 18.4. The van der Waals surface area contributed by atoms with Gasteiger partial charge in [-0.05, 0) is 23.7 Å². The Labute approximate surface area is 130 Å². The van der Waals surface area contributed by atoms with Crippen molar-refractivity contribution in [1.82, 2.24) is 9.38 Å². The van der Waals surface area contributed by atoms with Crippen molar-refractivity contribution < 1.29 is 14.8 Å². The van der Waals surface area contributed by atoms with E-state index in [4.69, 9.17) is 4.74 Å². The number of pyridine rings is 1. The number of benzene rings is 1. The molecule has 2 heterocycles. The van der Waals surface area contributed by atoms with Gasteiger partial charge in [-0.25, -0.2) is 4.98 Å². The lowest BCUT2D eigenvalue weighted by Crippen LogP contribution is -2.30. The average Bonchev–Trinajstić information content (AvgIpc) is 3.00. The minimum atomic E-state index is -1.48. The van der Waals surface area contributed by atoms with Crippen LogP contribution < -0.4 is 10.2 Å². The number of ether oxygens (including phenoxy) is 1. The van der Waals surface area contributed by atoms with Crippen LogP contribution >= 0.6 is 0 Å². The summed E-state index contributed by atoms with van der Waals surface area (Å²) in [4.78, 5) is 4.50. The molecule has 2 aromatic heterocycles. The van der Waals surface area contributed by atoms with Gasteiger partial charge in [0.25, 0.3) is 0 Å². The smallest absolute Gasteiger partial charge is 0.489 e. The molecule has 0 fully saturated rings. The highest BCUT2D eigenvalue weighted by atomic mass is 16.5. The molecule has 0 aliphatic rings. The standard InChI is InChI=1S/C14H13BN2O3.C2H6/c1-20-12-4-2-3-10(7-12)13-9-17-8-11(15(18)19)5-6-14(17)16-13;1-2/h2-9,18-19H,1H3;1-2H3. The molecule has 0 spiro atoms. The van der Waals surface area contributed by atoms with E-state index in [1.807, 2.05) is 44.3 Å². The largest absolute Gasteiger partial charge is 0.497 e. The lowest BCUT2D eigenvalue weighted by Gasteiger charge is -2.01. The topological polar surface area (TPSA) is 67.0 Å². The van der Waals surface area contributed by atoms with Gasteiger partial charge < -0.3 is 19.2 Å². The van der Waals surface area contributed by atoms with E-state index in [-0.39, 0.29) is 0 Å². The first-order valence-electron chi connectivity index (χ1n) is 7.16. The highest BCUT2D eigenvalue weighted by Crippen LogP contribution is 2.23. The molecule has 0 amide bonds. The minimum Gasteiger partial charge on any atom is -0.497 e. The summed E-state index contributed by atoms with van der Waals surface area (Å²) in [5.74, 6) is 0.769. The summed E-state index contributed by atoms with van der Waals surface area (Å²) in [6, 6.07) is 11.0. The Bertz CT molecular complexity index is 756. The Morgan fingerprint density at radius 3 is 2.55 bits per heavy atom. The predicted octanol–water partition coefficient (Wildman–Crippen LogP) is 1.72. The molecule has 3 aromatic rings. The van der Waals surface area contributed by atoms with Gasteiger partial charge >= 0.3 is 7.12 Å². The number of hydrogen-bond acceptors (Lipinski definition) is 4. The SMILES string of the molecule is CC.COc1cccc(-c2cn3cc(B(O)O)ccc3n2)c1. The predicted molar refractivity (Wildman–Crippen MR) is 88.4 cm³/mol. The summed E-state index contributed by atoms with van der Waals surface area (Å²) >= 11 is 0. The highest BCUT2D eigenvalue weighted by Gasteiger charge is 2.12. The van der Waals surface area contributed by atoms with Crippen molar-refractivity contribution in [2.45, 2.75) is 13.8 Å². The Hall–Kier alpha value is -2.31. The maximum atomic E-state index is 9.18. The van der Waals surface area contributed by atoms with Gasteiger partial charge in [0.15, 0.2) is 0 Å². The molecule has 114 valence electrons. The van der Waals surface area contributed by atoms with Gasteiger partial charge in [0.1, 0.15) is 11.4 Å². The van der Waals surface area contributed by atoms with E-state index in [2.05, 4.69) is 4.98 Å². The molecule has 0 radical (unpaired) electrons. The van der Waals surface area contributed by atoms with Crippen LogP contribution in [0.1, 0.15) is 13.8 Å². The van der Waals surface area contributed by atoms with Crippen LogP contribution in [-0.2, 0) is 0 Å². The zero-order valence-electron chi connectivity index (χ0n) is 12.9. The van der Waals surface area contributed by atoms with Crippen molar-refractivity contribution >= 4 is 18.2 Å². The van der Waals surface area contributed by atoms with E-state index < -0.39 is 7.12 Å². The zero-order valence-corrected chi connectivity index (χ0v) is 12.9. The van der Waals surface area contributed by atoms with Crippen LogP contribution in [0.3, 0.4) is 0 Å². The summed E-state index contributed by atoms with van der Waals surface area (Å²) in [5.41, 5.74) is 2.91. The quantitative estimate of drug-likeness (QED) is 0.723. The van der Waals surface area contributed by atoms with Crippen molar-refractivity contribution in [2.24, 2.45) is 0 Å². The number of aromatic nitrogens is 2. The molecule has 0 saturated carbocycles. The highest BCUT2D eigenvalue weighted by molar-refractivity contribution is 6.58. The second-order valence-corrected chi connectivity index (χ2v) is 4.46. The molecule has 0 atom stereocenters. The number of imidazole rings is 1. The van der Waals surface area contributed by atoms with E-state index in [1.54, 1.807) is 29.8 Å². The molecule has 0 aliphatic carbocycles. The van der Waals surface area contributed by atoms with E-state index in [1.165, 1.54) is 0 Å². The Morgan fingerprint density at radius 1 is 1.09 bits per heavy atom. The van der Waals surface area contributed by atoms with E-state index in [0.717, 1.165) is 22.7 Å². The third kappa shape index (κ3) is 3.29. The lowest BCUT2D eigenvalue weighted by molar-refractivity contribution is 0.415. The molecule has 3 rings (SSSR count). The van der Waals surface area contributed by atoms with Crippen molar-refractivity contribution in [1.29, 1.82) is 0 Å². The molecule has 0 bridgehead atoms. The van der Waals surface area contributed by atoms with Gasteiger partial charge in [0.2, 0.25) is 0 Å². The van der Waals surface area contributed by atoms with Crippen LogP contribution in [0.25, 0.3) is 16.9 Å². The van der Waals surface area contributed by atoms with E-state index in [9.17, 15) is 10.0 Å². The van der Waals surface area contributed by atoms with Gasteiger partial charge in [-0.1, -0.05) is 32.0 Å². The molecule has 0 saturated heterocycles. The second-order valence-electron chi connectivity index (χ2n) is 4.46. The van der Waals surface area contributed by atoms with Crippen LogP contribution in [-0.4, -0.2) is 33.7 Å². The number of hydrogen-bond donors (Lipinski definition) is 2. The van der Waals surface area contributed by atoms with Crippen LogP contribution in [0.5, 0.6) is 5.75 Å². The van der Waals surface area contributed by atoms with Crippen LogP contribution in [0.15, 0.2) is 48.8 Å². The molecule has 5 nitrogen and oxygen atoms in total. The molecular weight excluding hydrogens is 279 g/mol. The Kier molecular flexibility index (Phi) is 5.19. The normalized spacial score (nSPS) is 10.0. The molecule has 0 aliphatic heterocycles. The lowest BCUT2D eigenvalue weighted by atomic mass is 9.82. The zero-order chi connectivity index (χ0) is 16.1. The fourth-order valence-corrected chi connectivity index (χ4v) is 2.08. The van der Waals surface area contributed by atoms with Crippen LogP contribution in [0.2, 0.25) is 0 Å². The van der Waals surface area contributed by atoms with Crippen LogP contribution in [0.4, 0.5) is 0 Å². The fraction of sp³-hybridized carbons (Fsp3) is 0.188. The van der Waals surface area contributed by atoms with Gasteiger partial charge in [-0.15, -0.1) is 0 Å². The number of nitrogens with zero attached hydrogens (tertiary/aromatic N) is 2. The average molecular weight is 298 g/mol. The van der Waals surface area contributed by atoms with Gasteiger partial charge in [0, 0.05) is 18.0 Å². The van der Waals surface area contributed by atoms with Gasteiger partial charge in [-0.3, -0.25) is 0 Å². The van der Waals surface area contributed by atoms with E-state index in [0.29, 0.717) is 5.46 Å². The number of rotatable bonds is 3. The van der Waals surface area contributed by atoms with Crippen molar-refractivity contribution in [3.8, 4) is 17.0 Å². The third-order valence-corrected chi connectivity index (χ3v) is 3.14. The van der Waals surface area contributed by atoms with Crippen LogP contribution in [0, 0.1) is 0 Å². The van der Waals surface area contributed by atoms with Crippen molar-refractivity contribution in [2.75, 3.05) is 7.11 Å². The maximum Gasteiger partial charge on any atom is 0.489 e. The molecule has 0 unspecified atom stereocenters. The first-order valence-corrected chi connectivity index (χ1v) is 7.16. The molecule has 6 heteroatoms. The first kappa shape index (κ1) is 16.1. The molecule has 2 N–H and O–H groups in total. The Balaban J connectivity index is 0.000000847. The molecule has 22 heavy (non-hydrogen) atoms. The maximum absolute atomic E-state index is 9.18. The van der Waals surface area contributed by atoms with E-state index >= 15 is 0 Å². The molecule has 1 aromatic carbocycles. The Morgan fingerprint density at radius 2 is 1.86 bits per heavy atom. The number of fused-ring (bicyclic) bond motifs is 1. The summed E-state index contributed by atoms with van der Waals surface area (Å²) < 4.78 is 6.97.